The number of halogens is 1. The largest absolute Gasteiger partial charge is 0.356 e. The molecule has 0 bridgehead atoms. The number of carbonyl (C=O) groups excluding carboxylic acids is 1. The summed E-state index contributed by atoms with van der Waals surface area (Å²) in [5.41, 5.74) is 0. The van der Waals surface area contributed by atoms with Crippen LogP contribution in [0.2, 0.25) is 5.02 Å². The van der Waals surface area contributed by atoms with Gasteiger partial charge in [0.2, 0.25) is 5.91 Å². The Balaban J connectivity index is 1.49. The Morgan fingerprint density at radius 1 is 1.38 bits per heavy atom. The first-order chi connectivity index (χ1) is 10.2. The zero-order valence-corrected chi connectivity index (χ0v) is 13.8. The normalized spacial score (nSPS) is 17.9. The summed E-state index contributed by atoms with van der Waals surface area (Å²) < 4.78 is 0. The van der Waals surface area contributed by atoms with Gasteiger partial charge in [0.1, 0.15) is 0 Å². The molecule has 0 aliphatic carbocycles. The quantitative estimate of drug-likeness (QED) is 0.568. The van der Waals surface area contributed by atoms with Gasteiger partial charge in [-0.3, -0.25) is 4.79 Å². The highest BCUT2D eigenvalue weighted by Crippen LogP contribution is 2.21. The molecule has 1 aliphatic heterocycles. The van der Waals surface area contributed by atoms with Gasteiger partial charge in [0.15, 0.2) is 0 Å². The lowest BCUT2D eigenvalue weighted by Crippen LogP contribution is -2.26. The van der Waals surface area contributed by atoms with Crippen molar-refractivity contribution >= 4 is 29.3 Å². The Morgan fingerprint density at radius 3 is 2.90 bits per heavy atom. The molecule has 1 heterocycles. The molecule has 3 nitrogen and oxygen atoms in total. The van der Waals surface area contributed by atoms with E-state index >= 15 is 0 Å². The summed E-state index contributed by atoms with van der Waals surface area (Å²) in [5, 5.41) is 7.13. The standard InChI is InChI=1S/C16H23ClN2OS/c17-14-3-5-15(6-4-14)21-11-1-2-16(20)19-10-8-13-7-9-18-12-13/h3-6,13,18H,1-2,7-12H2,(H,19,20). The Morgan fingerprint density at radius 2 is 2.19 bits per heavy atom. The lowest BCUT2D eigenvalue weighted by molar-refractivity contribution is -0.121. The van der Waals surface area contributed by atoms with Crippen LogP contribution in [0.15, 0.2) is 29.2 Å². The number of nitrogens with one attached hydrogen (secondary N) is 2. The molecule has 2 N–H and O–H groups in total. The molecule has 0 spiro atoms. The average molecular weight is 327 g/mol. The second-order valence-electron chi connectivity index (χ2n) is 5.40. The van der Waals surface area contributed by atoms with Crippen molar-refractivity contribution in [1.29, 1.82) is 0 Å². The van der Waals surface area contributed by atoms with Crippen LogP contribution in [0.25, 0.3) is 0 Å². The fraction of sp³-hybridized carbons (Fsp3) is 0.562. The molecule has 1 unspecified atom stereocenters. The number of benzene rings is 1. The summed E-state index contributed by atoms with van der Waals surface area (Å²) in [6.45, 7) is 3.05. The highest BCUT2D eigenvalue weighted by atomic mass is 35.5. The number of thioether (sulfide) groups is 1. The minimum Gasteiger partial charge on any atom is -0.356 e. The van der Waals surface area contributed by atoms with Crippen molar-refractivity contribution in [3.63, 3.8) is 0 Å². The molecule has 0 saturated carbocycles. The average Bonchev–Trinajstić information content (AvgIpc) is 2.99. The molecule has 1 aliphatic rings. The fourth-order valence-corrected chi connectivity index (χ4v) is 3.40. The van der Waals surface area contributed by atoms with Crippen molar-refractivity contribution in [2.24, 2.45) is 5.92 Å². The van der Waals surface area contributed by atoms with Crippen molar-refractivity contribution in [2.45, 2.75) is 30.6 Å². The van der Waals surface area contributed by atoms with Crippen LogP contribution in [0.1, 0.15) is 25.7 Å². The van der Waals surface area contributed by atoms with E-state index in [9.17, 15) is 4.79 Å². The van der Waals surface area contributed by atoms with Crippen LogP contribution in [0, 0.1) is 5.92 Å². The third-order valence-electron chi connectivity index (χ3n) is 3.67. The molecule has 1 saturated heterocycles. The zero-order valence-electron chi connectivity index (χ0n) is 12.2. The van der Waals surface area contributed by atoms with E-state index in [-0.39, 0.29) is 5.91 Å². The summed E-state index contributed by atoms with van der Waals surface area (Å²) >= 11 is 7.61. The molecule has 0 aromatic heterocycles. The number of hydrogen-bond acceptors (Lipinski definition) is 3. The number of amides is 1. The van der Waals surface area contributed by atoms with Gasteiger partial charge in [0.05, 0.1) is 0 Å². The summed E-state index contributed by atoms with van der Waals surface area (Å²) in [7, 11) is 0. The van der Waals surface area contributed by atoms with Crippen LogP contribution in [0.3, 0.4) is 0 Å². The van der Waals surface area contributed by atoms with Crippen molar-refractivity contribution in [3.8, 4) is 0 Å². The van der Waals surface area contributed by atoms with Gasteiger partial charge in [0.25, 0.3) is 0 Å². The molecule has 0 radical (unpaired) electrons. The van der Waals surface area contributed by atoms with E-state index in [1.54, 1.807) is 11.8 Å². The van der Waals surface area contributed by atoms with E-state index in [2.05, 4.69) is 10.6 Å². The minimum atomic E-state index is 0.178. The summed E-state index contributed by atoms with van der Waals surface area (Å²) in [6.07, 6.45) is 3.86. The van der Waals surface area contributed by atoms with Crippen molar-refractivity contribution in [2.75, 3.05) is 25.4 Å². The van der Waals surface area contributed by atoms with Crippen LogP contribution >= 0.6 is 23.4 Å². The number of rotatable bonds is 8. The fourth-order valence-electron chi connectivity index (χ4n) is 2.42. The molecule has 116 valence electrons. The van der Waals surface area contributed by atoms with E-state index in [0.717, 1.165) is 49.2 Å². The van der Waals surface area contributed by atoms with Gasteiger partial charge in [-0.15, -0.1) is 11.8 Å². The molecular weight excluding hydrogens is 304 g/mol. The Bertz CT molecular complexity index is 432. The van der Waals surface area contributed by atoms with Gasteiger partial charge >= 0.3 is 0 Å². The topological polar surface area (TPSA) is 41.1 Å². The Labute approximate surface area is 136 Å². The molecular formula is C16H23ClN2OS. The second-order valence-corrected chi connectivity index (χ2v) is 7.01. The van der Waals surface area contributed by atoms with Gasteiger partial charge in [0, 0.05) is 22.9 Å². The lowest BCUT2D eigenvalue weighted by atomic mass is 10.1. The van der Waals surface area contributed by atoms with Crippen LogP contribution in [-0.2, 0) is 4.79 Å². The maximum atomic E-state index is 11.7. The van der Waals surface area contributed by atoms with Gasteiger partial charge in [-0.1, -0.05) is 11.6 Å². The summed E-state index contributed by atoms with van der Waals surface area (Å²) in [5.74, 6) is 1.88. The first-order valence-electron chi connectivity index (χ1n) is 7.60. The predicted molar refractivity (Wildman–Crippen MR) is 90.0 cm³/mol. The maximum absolute atomic E-state index is 11.7. The smallest absolute Gasteiger partial charge is 0.220 e. The van der Waals surface area contributed by atoms with Crippen molar-refractivity contribution < 1.29 is 4.79 Å². The first kappa shape index (κ1) is 16.7. The molecule has 1 atom stereocenters. The molecule has 1 fully saturated rings. The van der Waals surface area contributed by atoms with E-state index in [1.807, 2.05) is 24.3 Å². The van der Waals surface area contributed by atoms with E-state index in [1.165, 1.54) is 11.3 Å². The van der Waals surface area contributed by atoms with Crippen molar-refractivity contribution in [3.05, 3.63) is 29.3 Å². The van der Waals surface area contributed by atoms with E-state index in [4.69, 9.17) is 11.6 Å². The molecule has 1 aromatic rings. The highest BCUT2D eigenvalue weighted by molar-refractivity contribution is 7.99. The van der Waals surface area contributed by atoms with Crippen LogP contribution in [-0.4, -0.2) is 31.3 Å². The highest BCUT2D eigenvalue weighted by Gasteiger charge is 2.13. The van der Waals surface area contributed by atoms with Gasteiger partial charge < -0.3 is 10.6 Å². The Hall–Kier alpha value is -0.710. The number of carbonyl (C=O) groups is 1. The molecule has 1 amide bonds. The monoisotopic (exact) mass is 326 g/mol. The molecule has 5 heteroatoms. The molecule has 1 aromatic carbocycles. The summed E-state index contributed by atoms with van der Waals surface area (Å²) in [4.78, 5) is 12.9. The van der Waals surface area contributed by atoms with Crippen LogP contribution < -0.4 is 10.6 Å². The van der Waals surface area contributed by atoms with E-state index in [0.29, 0.717) is 6.42 Å². The van der Waals surface area contributed by atoms with Gasteiger partial charge in [-0.25, -0.2) is 0 Å². The predicted octanol–water partition coefficient (Wildman–Crippen LogP) is 3.33. The third kappa shape index (κ3) is 6.72. The third-order valence-corrected chi connectivity index (χ3v) is 5.02. The SMILES string of the molecule is O=C(CCCSc1ccc(Cl)cc1)NCCC1CCNC1. The lowest BCUT2D eigenvalue weighted by Gasteiger charge is -2.09. The van der Waals surface area contributed by atoms with E-state index < -0.39 is 0 Å². The van der Waals surface area contributed by atoms with Gasteiger partial charge in [-0.05, 0) is 68.3 Å². The molecule has 21 heavy (non-hydrogen) atoms. The second kappa shape index (κ2) is 9.34. The van der Waals surface area contributed by atoms with Gasteiger partial charge in [-0.2, -0.15) is 0 Å². The van der Waals surface area contributed by atoms with Crippen molar-refractivity contribution in [1.82, 2.24) is 10.6 Å². The number of hydrogen-bond donors (Lipinski definition) is 2. The van der Waals surface area contributed by atoms with Crippen LogP contribution in [0.4, 0.5) is 0 Å². The first-order valence-corrected chi connectivity index (χ1v) is 8.96. The maximum Gasteiger partial charge on any atom is 0.220 e. The van der Waals surface area contributed by atoms with Crippen LogP contribution in [0.5, 0.6) is 0 Å². The Kier molecular flexibility index (Phi) is 7.41. The zero-order chi connectivity index (χ0) is 14.9. The molecule has 2 rings (SSSR count). The summed E-state index contributed by atoms with van der Waals surface area (Å²) in [6, 6.07) is 7.83. The minimum absolute atomic E-state index is 0.178.